The molecule has 1 saturated heterocycles. The number of rotatable bonds is 9. The second-order valence-corrected chi connectivity index (χ2v) is 8.67. The molecule has 0 spiro atoms. The highest BCUT2D eigenvalue weighted by atomic mass is 16.5. The molecule has 2 amide bonds. The number of hydrogen-bond donors (Lipinski definition) is 0. The van der Waals surface area contributed by atoms with Gasteiger partial charge in [0.15, 0.2) is 11.5 Å². The van der Waals surface area contributed by atoms with Crippen molar-refractivity contribution in [2.24, 2.45) is 0 Å². The van der Waals surface area contributed by atoms with Crippen LogP contribution in [0.15, 0.2) is 60.7 Å². The van der Waals surface area contributed by atoms with Crippen LogP contribution < -0.4 is 23.8 Å². The first-order valence-corrected chi connectivity index (χ1v) is 12.0. The summed E-state index contributed by atoms with van der Waals surface area (Å²) in [5, 5.41) is 0. The van der Waals surface area contributed by atoms with Crippen molar-refractivity contribution in [1.29, 1.82) is 0 Å². The Balaban J connectivity index is 1.32. The summed E-state index contributed by atoms with van der Waals surface area (Å²) in [5.74, 6) is 1.89. The molecule has 8 heteroatoms. The number of fused-ring (bicyclic) bond motifs is 1. The zero-order valence-electron chi connectivity index (χ0n) is 20.4. The molecule has 2 aliphatic heterocycles. The fourth-order valence-electron chi connectivity index (χ4n) is 4.52. The summed E-state index contributed by atoms with van der Waals surface area (Å²) in [5.41, 5.74) is 1.02. The minimum Gasteiger partial charge on any atom is -0.497 e. The van der Waals surface area contributed by atoms with Crippen LogP contribution in [0.2, 0.25) is 0 Å². The van der Waals surface area contributed by atoms with Gasteiger partial charge in [0.1, 0.15) is 23.9 Å². The third-order valence-corrected chi connectivity index (χ3v) is 6.40. The number of methoxy groups -OCH3 is 2. The van der Waals surface area contributed by atoms with E-state index >= 15 is 0 Å². The van der Waals surface area contributed by atoms with E-state index in [1.165, 1.54) is 20.0 Å². The third kappa shape index (κ3) is 4.72. The van der Waals surface area contributed by atoms with Gasteiger partial charge in [-0.15, -0.1) is 0 Å². The van der Waals surface area contributed by atoms with E-state index in [1.54, 1.807) is 55.6 Å². The number of ether oxygens (including phenoxy) is 4. The summed E-state index contributed by atoms with van der Waals surface area (Å²) in [6.45, 7) is 3.60. The van der Waals surface area contributed by atoms with Gasteiger partial charge in [-0.05, 0) is 68.4 Å². The molecular weight excluding hydrogens is 460 g/mol. The standard InChI is InChI=1S/C28H28N2O6/c1-33-20-6-5-7-21(17-20)36-22-9-10-23-24(18-22)28(32)30(27(23)31)19-8-11-25(26(16-19)34-2)35-15-14-29-12-3-4-13-29/h5-11,16-18H,3-4,12-15H2,1-2H3. The Bertz CT molecular complexity index is 1280. The number of nitrogens with zero attached hydrogens (tertiary/aromatic N) is 2. The van der Waals surface area contributed by atoms with E-state index in [0.29, 0.717) is 46.6 Å². The average Bonchev–Trinajstić information content (AvgIpc) is 3.50. The van der Waals surface area contributed by atoms with Crippen molar-refractivity contribution in [3.05, 3.63) is 71.8 Å². The number of likely N-dealkylation sites (tertiary alicyclic amines) is 1. The maximum absolute atomic E-state index is 13.3. The topological polar surface area (TPSA) is 77.5 Å². The molecule has 0 aliphatic carbocycles. The Hall–Kier alpha value is -4.04. The molecule has 2 aliphatic rings. The fraction of sp³-hybridized carbons (Fsp3) is 0.286. The smallest absolute Gasteiger partial charge is 0.266 e. The van der Waals surface area contributed by atoms with Crippen molar-refractivity contribution in [3.8, 4) is 28.7 Å². The SMILES string of the molecule is COc1cccc(Oc2ccc3c(c2)C(=O)N(c2ccc(OCCN4CCCC4)c(OC)c2)C3=O)c1. The molecular formula is C28H28N2O6. The second-order valence-electron chi connectivity index (χ2n) is 8.67. The monoisotopic (exact) mass is 488 g/mol. The van der Waals surface area contributed by atoms with E-state index in [2.05, 4.69) is 4.90 Å². The Kier molecular flexibility index (Phi) is 6.77. The number of benzene rings is 3. The molecule has 5 rings (SSSR count). The van der Waals surface area contributed by atoms with Crippen LogP contribution in [0.25, 0.3) is 0 Å². The van der Waals surface area contributed by atoms with Gasteiger partial charge in [-0.1, -0.05) is 6.07 Å². The van der Waals surface area contributed by atoms with E-state index in [0.717, 1.165) is 24.5 Å². The molecule has 0 saturated carbocycles. The quantitative estimate of drug-likeness (QED) is 0.402. The van der Waals surface area contributed by atoms with Gasteiger partial charge in [-0.3, -0.25) is 14.5 Å². The van der Waals surface area contributed by atoms with Crippen LogP contribution in [0.5, 0.6) is 28.7 Å². The summed E-state index contributed by atoms with van der Waals surface area (Å²) in [6.07, 6.45) is 2.46. The lowest BCUT2D eigenvalue weighted by Crippen LogP contribution is -2.29. The molecule has 1 fully saturated rings. The van der Waals surface area contributed by atoms with Gasteiger partial charge in [-0.2, -0.15) is 0 Å². The highest BCUT2D eigenvalue weighted by Crippen LogP contribution is 2.37. The predicted octanol–water partition coefficient (Wildman–Crippen LogP) is 4.77. The Morgan fingerprint density at radius 2 is 1.50 bits per heavy atom. The van der Waals surface area contributed by atoms with Gasteiger partial charge in [0.25, 0.3) is 11.8 Å². The lowest BCUT2D eigenvalue weighted by atomic mass is 10.1. The van der Waals surface area contributed by atoms with Crippen molar-refractivity contribution in [2.75, 3.05) is 45.4 Å². The van der Waals surface area contributed by atoms with Crippen LogP contribution in [-0.4, -0.2) is 57.2 Å². The van der Waals surface area contributed by atoms with Gasteiger partial charge in [-0.25, -0.2) is 4.90 Å². The minimum atomic E-state index is -0.421. The molecule has 36 heavy (non-hydrogen) atoms. The maximum atomic E-state index is 13.3. The molecule has 8 nitrogen and oxygen atoms in total. The van der Waals surface area contributed by atoms with E-state index in [1.807, 2.05) is 12.1 Å². The molecule has 3 aromatic carbocycles. The number of hydrogen-bond acceptors (Lipinski definition) is 7. The number of carbonyl (C=O) groups excluding carboxylic acids is 2. The Morgan fingerprint density at radius 3 is 2.28 bits per heavy atom. The molecule has 0 N–H and O–H groups in total. The molecule has 3 aromatic rings. The molecule has 0 unspecified atom stereocenters. The molecule has 0 radical (unpaired) electrons. The Labute approximate surface area is 209 Å². The van der Waals surface area contributed by atoms with Gasteiger partial charge >= 0.3 is 0 Å². The zero-order valence-corrected chi connectivity index (χ0v) is 20.4. The van der Waals surface area contributed by atoms with Crippen molar-refractivity contribution in [2.45, 2.75) is 12.8 Å². The molecule has 186 valence electrons. The van der Waals surface area contributed by atoms with Crippen molar-refractivity contribution in [3.63, 3.8) is 0 Å². The second kappa shape index (κ2) is 10.3. The van der Waals surface area contributed by atoms with Crippen LogP contribution in [0.3, 0.4) is 0 Å². The number of carbonyl (C=O) groups is 2. The largest absolute Gasteiger partial charge is 0.497 e. The molecule has 0 atom stereocenters. The molecule has 2 heterocycles. The van der Waals surface area contributed by atoms with E-state index in [-0.39, 0.29) is 5.56 Å². The van der Waals surface area contributed by atoms with Gasteiger partial charge < -0.3 is 18.9 Å². The average molecular weight is 489 g/mol. The van der Waals surface area contributed by atoms with Gasteiger partial charge in [0, 0.05) is 18.7 Å². The summed E-state index contributed by atoms with van der Waals surface area (Å²) >= 11 is 0. The maximum Gasteiger partial charge on any atom is 0.266 e. The van der Waals surface area contributed by atoms with Crippen LogP contribution in [-0.2, 0) is 0 Å². The van der Waals surface area contributed by atoms with Crippen LogP contribution in [0.1, 0.15) is 33.6 Å². The number of imide groups is 1. The third-order valence-electron chi connectivity index (χ3n) is 6.40. The first kappa shape index (κ1) is 23.7. The number of amides is 2. The summed E-state index contributed by atoms with van der Waals surface area (Å²) in [6, 6.07) is 17.1. The van der Waals surface area contributed by atoms with Crippen LogP contribution in [0.4, 0.5) is 5.69 Å². The summed E-state index contributed by atoms with van der Waals surface area (Å²) < 4.78 is 22.6. The summed E-state index contributed by atoms with van der Waals surface area (Å²) in [4.78, 5) is 29.9. The molecule has 0 aromatic heterocycles. The number of anilines is 1. The van der Waals surface area contributed by atoms with Crippen LogP contribution >= 0.6 is 0 Å². The van der Waals surface area contributed by atoms with Crippen molar-refractivity contribution >= 4 is 17.5 Å². The highest BCUT2D eigenvalue weighted by Gasteiger charge is 2.37. The van der Waals surface area contributed by atoms with E-state index in [9.17, 15) is 9.59 Å². The van der Waals surface area contributed by atoms with E-state index < -0.39 is 11.8 Å². The highest BCUT2D eigenvalue weighted by molar-refractivity contribution is 6.34. The predicted molar refractivity (Wildman–Crippen MR) is 135 cm³/mol. The van der Waals surface area contributed by atoms with E-state index in [4.69, 9.17) is 18.9 Å². The lowest BCUT2D eigenvalue weighted by molar-refractivity contribution is 0.0926. The zero-order chi connectivity index (χ0) is 25.1. The van der Waals surface area contributed by atoms with Crippen molar-refractivity contribution < 1.29 is 28.5 Å². The first-order valence-electron chi connectivity index (χ1n) is 12.0. The summed E-state index contributed by atoms with van der Waals surface area (Å²) in [7, 11) is 3.12. The first-order chi connectivity index (χ1) is 17.6. The lowest BCUT2D eigenvalue weighted by Gasteiger charge is -2.18. The van der Waals surface area contributed by atoms with Gasteiger partial charge in [0.2, 0.25) is 0 Å². The fourth-order valence-corrected chi connectivity index (χ4v) is 4.52. The van der Waals surface area contributed by atoms with Crippen LogP contribution in [0, 0.1) is 0 Å². The Morgan fingerprint density at radius 1 is 0.750 bits per heavy atom. The molecule has 0 bridgehead atoms. The van der Waals surface area contributed by atoms with Crippen molar-refractivity contribution in [1.82, 2.24) is 4.90 Å². The normalized spacial score (nSPS) is 15.2. The minimum absolute atomic E-state index is 0.283. The van der Waals surface area contributed by atoms with Gasteiger partial charge in [0.05, 0.1) is 31.0 Å².